The third-order valence-electron chi connectivity index (χ3n) is 1.10. The van der Waals surface area contributed by atoms with E-state index in [1.165, 1.54) is 0 Å². The van der Waals surface area contributed by atoms with Gasteiger partial charge in [0.05, 0.1) is 0 Å². The van der Waals surface area contributed by atoms with Crippen LogP contribution in [0.25, 0.3) is 11.5 Å². The van der Waals surface area contributed by atoms with Gasteiger partial charge in [0.1, 0.15) is 0 Å². The molecule has 2 nitrogen and oxygen atoms in total. The smallest absolute Gasteiger partial charge is 0.677 e. The van der Waals surface area contributed by atoms with Gasteiger partial charge in [-0.15, -0.1) is 0 Å². The van der Waals surface area contributed by atoms with Crippen molar-refractivity contribution in [3.05, 3.63) is 11.5 Å². The van der Waals surface area contributed by atoms with Crippen LogP contribution in [0.5, 0.6) is 0 Å². The van der Waals surface area contributed by atoms with Crippen molar-refractivity contribution >= 4 is 0 Å². The van der Waals surface area contributed by atoms with E-state index in [0.29, 0.717) is 13.1 Å². The van der Waals surface area contributed by atoms with Gasteiger partial charge >= 0.3 is 37.7 Å². The van der Waals surface area contributed by atoms with E-state index in [9.17, 15) is 0 Å². The Kier molecular flexibility index (Phi) is 28.7. The molecule has 50 valence electrons. The Labute approximate surface area is 87.8 Å². The van der Waals surface area contributed by atoms with Crippen LogP contribution in [0.4, 0.5) is 0 Å². The molecule has 0 aliphatic rings. The molecule has 0 radical (unpaired) electrons. The third kappa shape index (κ3) is 16.1. The molecule has 0 saturated carbocycles. The number of hydrogen-bond donors (Lipinski definition) is 0. The second-order valence-electron chi connectivity index (χ2n) is 1.91. The minimum Gasteiger partial charge on any atom is -0.677 e. The molecule has 10 heavy (non-hydrogen) atoms. The summed E-state index contributed by atoms with van der Waals surface area (Å²) >= 11 is 0. The van der Waals surface area contributed by atoms with Gasteiger partial charge in [-0.05, 0) is 0 Å². The molecule has 0 saturated heterocycles. The van der Waals surface area contributed by atoms with E-state index < -0.39 is 0 Å². The molecule has 4 heteroatoms. The minimum atomic E-state index is 0. The van der Waals surface area contributed by atoms with Crippen LogP contribution >= 0.6 is 0 Å². The predicted octanol–water partition coefficient (Wildman–Crippen LogP) is -3.34. The van der Waals surface area contributed by atoms with Gasteiger partial charge in [0.25, 0.3) is 0 Å². The maximum absolute atomic E-state index is 6.79. The largest absolute Gasteiger partial charge is 1.00 e. The minimum absolute atomic E-state index is 0. The average Bonchev–Trinajstić information content (AvgIpc) is 1.81. The first-order chi connectivity index (χ1) is 3.91. The van der Waals surface area contributed by atoms with E-state index in [-0.39, 0.29) is 37.7 Å². The molecular weight excluding hydrogens is 114 g/mol. The summed E-state index contributed by atoms with van der Waals surface area (Å²) in [4.78, 5) is 0. The van der Waals surface area contributed by atoms with Crippen LogP contribution in [0.1, 0.15) is 25.7 Å². The molecule has 0 fully saturated rings. The van der Waals surface area contributed by atoms with Gasteiger partial charge in [-0.25, -0.2) is 0 Å². The number of rotatable bonds is 5. The van der Waals surface area contributed by atoms with E-state index in [2.05, 4.69) is 0 Å². The monoisotopic (exact) mass is 128 g/mol. The first-order valence-electron chi connectivity index (χ1n) is 3.21. The van der Waals surface area contributed by atoms with Crippen LogP contribution in [0.2, 0.25) is 0 Å². The summed E-state index contributed by atoms with van der Waals surface area (Å²) in [6, 6.07) is 0. The molecule has 0 aliphatic heterocycles. The SMILES string of the molecule is [Li+].[Li+].[NH-]CCCCCC[NH-]. The molecule has 0 bridgehead atoms. The second-order valence-corrected chi connectivity index (χ2v) is 1.91. The number of unbranched alkanes of at least 4 members (excludes halogenated alkanes) is 3. The van der Waals surface area contributed by atoms with Crippen LogP contribution in [0.15, 0.2) is 0 Å². The molecule has 0 spiro atoms. The van der Waals surface area contributed by atoms with Crippen molar-refractivity contribution in [3.63, 3.8) is 0 Å². The fourth-order valence-electron chi connectivity index (χ4n) is 0.604. The zero-order chi connectivity index (χ0) is 6.24. The van der Waals surface area contributed by atoms with E-state index >= 15 is 0 Å². The summed E-state index contributed by atoms with van der Waals surface area (Å²) in [6.45, 7) is 1.11. The molecular formula is C6H14Li2N2. The van der Waals surface area contributed by atoms with Crippen molar-refractivity contribution in [1.29, 1.82) is 0 Å². The summed E-state index contributed by atoms with van der Waals surface area (Å²) in [7, 11) is 0. The Balaban J connectivity index is -0.000000245. The average molecular weight is 128 g/mol. The normalized spacial score (nSPS) is 7.80. The third-order valence-corrected chi connectivity index (χ3v) is 1.10. The van der Waals surface area contributed by atoms with Crippen molar-refractivity contribution in [3.8, 4) is 0 Å². The van der Waals surface area contributed by atoms with Crippen molar-refractivity contribution in [1.82, 2.24) is 0 Å². The molecule has 0 heterocycles. The van der Waals surface area contributed by atoms with Crippen LogP contribution in [-0.2, 0) is 0 Å². The molecule has 0 aliphatic carbocycles. The van der Waals surface area contributed by atoms with Gasteiger partial charge in [0, 0.05) is 0 Å². The van der Waals surface area contributed by atoms with Gasteiger partial charge in [-0.2, -0.15) is 13.1 Å². The Bertz CT molecular complexity index is 38.7. The van der Waals surface area contributed by atoms with Crippen LogP contribution in [0, 0.1) is 0 Å². The number of hydrogen-bond acceptors (Lipinski definition) is 0. The topological polar surface area (TPSA) is 47.6 Å². The Morgan fingerprint density at radius 2 is 0.900 bits per heavy atom. The second kappa shape index (κ2) is 16.6. The summed E-state index contributed by atoms with van der Waals surface area (Å²) in [5, 5.41) is 0. The zero-order valence-corrected chi connectivity index (χ0v) is 7.24. The van der Waals surface area contributed by atoms with Crippen LogP contribution in [0.3, 0.4) is 0 Å². The Morgan fingerprint density at radius 3 is 1.10 bits per heavy atom. The van der Waals surface area contributed by atoms with Gasteiger partial charge < -0.3 is 11.5 Å². The fourth-order valence-corrected chi connectivity index (χ4v) is 0.604. The van der Waals surface area contributed by atoms with Crippen LogP contribution < -0.4 is 37.7 Å². The molecule has 2 N–H and O–H groups in total. The fraction of sp³-hybridized carbons (Fsp3) is 1.00. The summed E-state index contributed by atoms with van der Waals surface area (Å²) in [5.41, 5.74) is 13.6. The maximum atomic E-state index is 6.79. The summed E-state index contributed by atoms with van der Waals surface area (Å²) in [5.74, 6) is 0. The first-order valence-corrected chi connectivity index (χ1v) is 3.21. The van der Waals surface area contributed by atoms with Gasteiger partial charge in [0.15, 0.2) is 0 Å². The maximum Gasteiger partial charge on any atom is 1.00 e. The Morgan fingerprint density at radius 1 is 0.600 bits per heavy atom. The van der Waals surface area contributed by atoms with E-state index in [1.807, 2.05) is 0 Å². The van der Waals surface area contributed by atoms with Gasteiger partial charge in [-0.3, -0.25) is 0 Å². The molecule has 0 rings (SSSR count). The van der Waals surface area contributed by atoms with E-state index in [0.717, 1.165) is 25.7 Å². The van der Waals surface area contributed by atoms with E-state index in [4.69, 9.17) is 11.5 Å². The summed E-state index contributed by atoms with van der Waals surface area (Å²) in [6.07, 6.45) is 4.31. The van der Waals surface area contributed by atoms with Crippen molar-refractivity contribution in [2.75, 3.05) is 13.1 Å². The molecule has 0 amide bonds. The summed E-state index contributed by atoms with van der Waals surface area (Å²) < 4.78 is 0. The molecule has 0 atom stereocenters. The number of nitrogens with one attached hydrogen (secondary N) is 2. The molecule has 0 unspecified atom stereocenters. The van der Waals surface area contributed by atoms with E-state index in [1.54, 1.807) is 0 Å². The first kappa shape index (κ1) is 17.3. The quantitative estimate of drug-likeness (QED) is 0.274. The van der Waals surface area contributed by atoms with Crippen molar-refractivity contribution in [2.24, 2.45) is 0 Å². The predicted molar refractivity (Wildman–Crippen MR) is 36.8 cm³/mol. The standard InChI is InChI=1S/C6H14N2.2Li/c7-5-3-1-2-4-6-8;;/h7-8H,1-6H2;;/q-2;2*+1. The van der Waals surface area contributed by atoms with Gasteiger partial charge in [-0.1, -0.05) is 25.7 Å². The molecule has 0 aromatic rings. The molecule has 0 aromatic heterocycles. The van der Waals surface area contributed by atoms with Crippen molar-refractivity contribution in [2.45, 2.75) is 25.7 Å². The Hall–Kier alpha value is 1.11. The van der Waals surface area contributed by atoms with Crippen LogP contribution in [-0.4, -0.2) is 13.1 Å². The van der Waals surface area contributed by atoms with Crippen molar-refractivity contribution < 1.29 is 37.7 Å². The zero-order valence-electron chi connectivity index (χ0n) is 7.24. The van der Waals surface area contributed by atoms with Gasteiger partial charge in [0.2, 0.25) is 0 Å². The molecule has 0 aromatic carbocycles.